The molecule has 0 spiro atoms. The first-order valence-electron chi connectivity index (χ1n) is 12.1. The molecule has 0 saturated carbocycles. The standard InChI is InChI=1S/C28H31N5O/c34-28-25-12-4-5-13-26(25)30-27(33(28)21-23-9-2-1-3-10-23)14-8-16-31-17-19-32(20-18-31)22-24-11-6-7-15-29-24/h1-7,9-13,15H,8,14,16-22H2. The molecule has 6 heteroatoms. The fourth-order valence-electron chi connectivity index (χ4n) is 4.69. The van der Waals surface area contributed by atoms with E-state index in [1.54, 1.807) is 0 Å². The van der Waals surface area contributed by atoms with Crippen molar-refractivity contribution in [1.82, 2.24) is 24.3 Å². The summed E-state index contributed by atoms with van der Waals surface area (Å²) in [7, 11) is 0. The van der Waals surface area contributed by atoms with Crippen molar-refractivity contribution in [1.29, 1.82) is 0 Å². The van der Waals surface area contributed by atoms with E-state index in [1.807, 2.05) is 59.3 Å². The van der Waals surface area contributed by atoms with E-state index in [0.29, 0.717) is 11.9 Å². The predicted molar refractivity (Wildman–Crippen MR) is 136 cm³/mol. The van der Waals surface area contributed by atoms with Gasteiger partial charge in [-0.2, -0.15) is 0 Å². The molecule has 2 aromatic carbocycles. The quantitative estimate of drug-likeness (QED) is 0.408. The van der Waals surface area contributed by atoms with E-state index in [-0.39, 0.29) is 5.56 Å². The van der Waals surface area contributed by atoms with E-state index in [9.17, 15) is 4.79 Å². The van der Waals surface area contributed by atoms with Gasteiger partial charge >= 0.3 is 0 Å². The summed E-state index contributed by atoms with van der Waals surface area (Å²) in [6.07, 6.45) is 3.64. The Hall–Kier alpha value is -3.35. The molecule has 0 bridgehead atoms. The maximum Gasteiger partial charge on any atom is 0.261 e. The van der Waals surface area contributed by atoms with Crippen molar-refractivity contribution in [3.63, 3.8) is 0 Å². The summed E-state index contributed by atoms with van der Waals surface area (Å²) in [5.74, 6) is 0.876. The van der Waals surface area contributed by atoms with E-state index >= 15 is 0 Å². The van der Waals surface area contributed by atoms with Gasteiger partial charge in [0.2, 0.25) is 0 Å². The van der Waals surface area contributed by atoms with Gasteiger partial charge in [0.25, 0.3) is 5.56 Å². The highest BCUT2D eigenvalue weighted by molar-refractivity contribution is 5.77. The molecule has 4 aromatic rings. The summed E-state index contributed by atoms with van der Waals surface area (Å²) in [6, 6.07) is 23.9. The minimum Gasteiger partial charge on any atom is -0.301 e. The van der Waals surface area contributed by atoms with Crippen molar-refractivity contribution in [2.24, 2.45) is 0 Å². The van der Waals surface area contributed by atoms with Crippen LogP contribution in [0.1, 0.15) is 23.5 Å². The SMILES string of the molecule is O=c1c2ccccc2nc(CCCN2CCN(Cc3ccccn3)CC2)n1Cc1ccccc1. The second kappa shape index (κ2) is 10.7. The molecule has 0 amide bonds. The Morgan fingerprint density at radius 2 is 1.50 bits per heavy atom. The van der Waals surface area contributed by atoms with Gasteiger partial charge in [-0.15, -0.1) is 0 Å². The monoisotopic (exact) mass is 453 g/mol. The van der Waals surface area contributed by atoms with E-state index < -0.39 is 0 Å². The lowest BCUT2D eigenvalue weighted by atomic mass is 10.2. The molecule has 1 aliphatic heterocycles. The number of pyridine rings is 1. The minimum absolute atomic E-state index is 0.0487. The van der Waals surface area contributed by atoms with Gasteiger partial charge in [0.1, 0.15) is 5.82 Å². The van der Waals surface area contributed by atoms with Crippen molar-refractivity contribution in [2.45, 2.75) is 25.9 Å². The van der Waals surface area contributed by atoms with Gasteiger partial charge in [-0.1, -0.05) is 48.5 Å². The third-order valence-corrected chi connectivity index (χ3v) is 6.58. The predicted octanol–water partition coefficient (Wildman–Crippen LogP) is 3.59. The Balaban J connectivity index is 1.22. The molecule has 0 aliphatic carbocycles. The lowest BCUT2D eigenvalue weighted by Crippen LogP contribution is -2.46. The van der Waals surface area contributed by atoms with Crippen molar-refractivity contribution in [3.05, 3.63) is 106 Å². The number of piperazine rings is 1. The Morgan fingerprint density at radius 3 is 2.29 bits per heavy atom. The van der Waals surface area contributed by atoms with Gasteiger partial charge in [0, 0.05) is 45.3 Å². The number of aryl methyl sites for hydroxylation is 1. The second-order valence-corrected chi connectivity index (χ2v) is 8.96. The molecule has 0 unspecified atom stereocenters. The van der Waals surface area contributed by atoms with Gasteiger partial charge in [0.05, 0.1) is 23.1 Å². The van der Waals surface area contributed by atoms with Crippen molar-refractivity contribution in [3.8, 4) is 0 Å². The molecule has 2 aromatic heterocycles. The topological polar surface area (TPSA) is 54.3 Å². The van der Waals surface area contributed by atoms with Crippen LogP contribution in [0.3, 0.4) is 0 Å². The van der Waals surface area contributed by atoms with E-state index in [4.69, 9.17) is 4.98 Å². The number of fused-ring (bicyclic) bond motifs is 1. The number of hydrogen-bond donors (Lipinski definition) is 0. The number of benzene rings is 2. The van der Waals surface area contributed by atoms with E-state index in [2.05, 4.69) is 39.0 Å². The molecule has 1 fully saturated rings. The minimum atomic E-state index is 0.0487. The van der Waals surface area contributed by atoms with Gasteiger partial charge in [0.15, 0.2) is 0 Å². The summed E-state index contributed by atoms with van der Waals surface area (Å²) in [6.45, 7) is 6.74. The highest BCUT2D eigenvalue weighted by Gasteiger charge is 2.18. The fourth-order valence-corrected chi connectivity index (χ4v) is 4.69. The van der Waals surface area contributed by atoms with E-state index in [0.717, 1.165) is 74.7 Å². The van der Waals surface area contributed by atoms with Crippen molar-refractivity contribution in [2.75, 3.05) is 32.7 Å². The Labute approximate surface area is 200 Å². The number of hydrogen-bond acceptors (Lipinski definition) is 5. The molecular weight excluding hydrogens is 422 g/mol. The third kappa shape index (κ3) is 5.41. The summed E-state index contributed by atoms with van der Waals surface area (Å²) in [5, 5.41) is 0.686. The fraction of sp³-hybridized carbons (Fsp3) is 0.321. The molecule has 1 aliphatic rings. The first kappa shape index (κ1) is 22.4. The van der Waals surface area contributed by atoms with Crippen LogP contribution in [-0.2, 0) is 19.5 Å². The molecular formula is C28H31N5O. The number of rotatable bonds is 8. The molecule has 1 saturated heterocycles. The Kier molecular flexibility index (Phi) is 7.08. The summed E-state index contributed by atoms with van der Waals surface area (Å²) in [4.78, 5) is 27.7. The van der Waals surface area contributed by atoms with Gasteiger partial charge in [-0.05, 0) is 42.8 Å². The van der Waals surface area contributed by atoms with Crippen molar-refractivity contribution < 1.29 is 0 Å². The largest absolute Gasteiger partial charge is 0.301 e. The molecule has 0 radical (unpaired) electrons. The normalized spacial score (nSPS) is 15.1. The van der Waals surface area contributed by atoms with Crippen LogP contribution in [0.2, 0.25) is 0 Å². The van der Waals surface area contributed by atoms with Crippen LogP contribution in [0.15, 0.2) is 83.8 Å². The first-order valence-corrected chi connectivity index (χ1v) is 12.1. The maximum atomic E-state index is 13.3. The molecule has 3 heterocycles. The lowest BCUT2D eigenvalue weighted by molar-refractivity contribution is 0.125. The van der Waals surface area contributed by atoms with Gasteiger partial charge in [-0.25, -0.2) is 4.98 Å². The highest BCUT2D eigenvalue weighted by atomic mass is 16.1. The molecule has 174 valence electrons. The smallest absolute Gasteiger partial charge is 0.261 e. The summed E-state index contributed by atoms with van der Waals surface area (Å²) in [5.41, 5.74) is 3.09. The van der Waals surface area contributed by atoms with Crippen LogP contribution in [0.25, 0.3) is 10.9 Å². The zero-order valence-corrected chi connectivity index (χ0v) is 19.5. The first-order chi connectivity index (χ1) is 16.8. The molecule has 34 heavy (non-hydrogen) atoms. The molecule has 5 rings (SSSR count). The second-order valence-electron chi connectivity index (χ2n) is 8.96. The molecule has 0 N–H and O–H groups in total. The summed E-state index contributed by atoms with van der Waals surface area (Å²) < 4.78 is 1.86. The van der Waals surface area contributed by atoms with Crippen LogP contribution < -0.4 is 5.56 Å². The van der Waals surface area contributed by atoms with Gasteiger partial charge in [-0.3, -0.25) is 19.2 Å². The number of para-hydroxylation sites is 1. The van der Waals surface area contributed by atoms with Gasteiger partial charge < -0.3 is 4.90 Å². The van der Waals surface area contributed by atoms with Crippen LogP contribution in [0.5, 0.6) is 0 Å². The van der Waals surface area contributed by atoms with Crippen LogP contribution >= 0.6 is 0 Å². The highest BCUT2D eigenvalue weighted by Crippen LogP contribution is 2.13. The van der Waals surface area contributed by atoms with Crippen molar-refractivity contribution >= 4 is 10.9 Å². The van der Waals surface area contributed by atoms with Crippen LogP contribution in [0, 0.1) is 0 Å². The average molecular weight is 454 g/mol. The average Bonchev–Trinajstić information content (AvgIpc) is 2.88. The van der Waals surface area contributed by atoms with Crippen LogP contribution in [0.4, 0.5) is 0 Å². The Morgan fingerprint density at radius 1 is 0.765 bits per heavy atom. The molecule has 0 atom stereocenters. The zero-order valence-electron chi connectivity index (χ0n) is 19.5. The third-order valence-electron chi connectivity index (χ3n) is 6.58. The zero-order chi connectivity index (χ0) is 23.2. The lowest BCUT2D eigenvalue weighted by Gasteiger charge is -2.34. The molecule has 6 nitrogen and oxygen atoms in total. The van der Waals surface area contributed by atoms with E-state index in [1.165, 1.54) is 0 Å². The summed E-state index contributed by atoms with van der Waals surface area (Å²) >= 11 is 0. The Bertz CT molecular complexity index is 1260. The maximum absolute atomic E-state index is 13.3. The number of nitrogens with zero attached hydrogens (tertiary/aromatic N) is 5. The van der Waals surface area contributed by atoms with Crippen LogP contribution in [-0.4, -0.2) is 57.1 Å². The number of aromatic nitrogens is 3.